The summed E-state index contributed by atoms with van der Waals surface area (Å²) in [6, 6.07) is 37.8. The predicted octanol–water partition coefficient (Wildman–Crippen LogP) is 7.49. The number of fused-ring (bicyclic) bond motifs is 2. The molecular weight excluding hydrogens is 364 g/mol. The van der Waals surface area contributed by atoms with Crippen molar-refractivity contribution in [3.63, 3.8) is 0 Å². The normalized spacial score (nSPS) is 11.7. The van der Waals surface area contributed by atoms with E-state index in [2.05, 4.69) is 121 Å². The van der Waals surface area contributed by atoms with Crippen molar-refractivity contribution in [1.29, 1.82) is 0 Å². The fraction of sp³-hybridized carbons (Fsp3) is 0.0357. The highest BCUT2D eigenvalue weighted by molar-refractivity contribution is 6.14. The maximum atomic E-state index is 5.13. The van der Waals surface area contributed by atoms with Crippen molar-refractivity contribution in [3.05, 3.63) is 120 Å². The molecule has 1 N–H and O–H groups in total. The van der Waals surface area contributed by atoms with Crippen LogP contribution in [0.4, 0.5) is 11.4 Å². The van der Waals surface area contributed by atoms with Crippen LogP contribution in [0, 0.1) is 6.92 Å². The van der Waals surface area contributed by atoms with Gasteiger partial charge in [-0.3, -0.25) is 0 Å². The zero-order valence-electron chi connectivity index (χ0n) is 16.8. The molecule has 0 saturated heterocycles. The molecule has 0 amide bonds. The van der Waals surface area contributed by atoms with Gasteiger partial charge in [0.1, 0.15) is 5.84 Å². The van der Waals surface area contributed by atoms with Crippen LogP contribution in [0.2, 0.25) is 0 Å². The van der Waals surface area contributed by atoms with Crippen LogP contribution < -0.4 is 5.32 Å². The highest BCUT2D eigenvalue weighted by atomic mass is 15.0. The average molecular weight is 386 g/mol. The largest absolute Gasteiger partial charge is 0.339 e. The lowest BCUT2D eigenvalue weighted by molar-refractivity contribution is 1.41. The molecule has 0 atom stereocenters. The Labute approximate surface area is 176 Å². The Hall–Kier alpha value is -3.91. The number of amidine groups is 1. The van der Waals surface area contributed by atoms with Crippen molar-refractivity contribution in [3.8, 4) is 0 Å². The van der Waals surface area contributed by atoms with Crippen LogP contribution in [0.5, 0.6) is 0 Å². The Morgan fingerprint density at radius 1 is 0.600 bits per heavy atom. The highest BCUT2D eigenvalue weighted by Gasteiger charge is 2.10. The lowest BCUT2D eigenvalue weighted by Crippen LogP contribution is -2.15. The van der Waals surface area contributed by atoms with E-state index in [-0.39, 0.29) is 0 Å². The second-order valence-corrected chi connectivity index (χ2v) is 7.43. The molecule has 0 aliphatic carbocycles. The number of hydrogen-bond acceptors (Lipinski definition) is 1. The molecule has 0 aromatic heterocycles. The van der Waals surface area contributed by atoms with Gasteiger partial charge in [-0.1, -0.05) is 97.1 Å². The lowest BCUT2D eigenvalue weighted by atomic mass is 10.1. The molecule has 0 saturated carbocycles. The predicted molar refractivity (Wildman–Crippen MR) is 129 cm³/mol. The van der Waals surface area contributed by atoms with Crippen LogP contribution >= 0.6 is 0 Å². The molecule has 0 heterocycles. The van der Waals surface area contributed by atoms with E-state index in [9.17, 15) is 0 Å². The van der Waals surface area contributed by atoms with E-state index in [4.69, 9.17) is 4.99 Å². The van der Waals surface area contributed by atoms with Crippen molar-refractivity contribution < 1.29 is 0 Å². The smallest absolute Gasteiger partial charge is 0.138 e. The van der Waals surface area contributed by atoms with Gasteiger partial charge in [0.15, 0.2) is 0 Å². The fourth-order valence-electron chi connectivity index (χ4n) is 3.88. The molecule has 5 aromatic carbocycles. The quantitative estimate of drug-likeness (QED) is 0.252. The zero-order valence-corrected chi connectivity index (χ0v) is 16.8. The first-order chi connectivity index (χ1) is 14.8. The van der Waals surface area contributed by atoms with Gasteiger partial charge < -0.3 is 5.32 Å². The Bertz CT molecular complexity index is 1370. The van der Waals surface area contributed by atoms with Gasteiger partial charge in [-0.2, -0.15) is 0 Å². The first kappa shape index (κ1) is 18.1. The van der Waals surface area contributed by atoms with E-state index in [0.717, 1.165) is 28.2 Å². The molecule has 5 rings (SSSR count). The number of aliphatic imine (C=N–C) groups is 1. The minimum absolute atomic E-state index is 0.848. The summed E-state index contributed by atoms with van der Waals surface area (Å²) in [5.41, 5.74) is 4.29. The van der Waals surface area contributed by atoms with Gasteiger partial charge >= 0.3 is 0 Å². The zero-order chi connectivity index (χ0) is 20.3. The molecule has 0 radical (unpaired) electrons. The Morgan fingerprint density at radius 3 is 2.00 bits per heavy atom. The third-order valence-corrected chi connectivity index (χ3v) is 5.44. The van der Waals surface area contributed by atoms with E-state index in [1.165, 1.54) is 21.7 Å². The van der Waals surface area contributed by atoms with Crippen LogP contribution in [-0.4, -0.2) is 5.84 Å². The lowest BCUT2D eigenvalue weighted by Gasteiger charge is -2.15. The Balaban J connectivity index is 1.70. The molecule has 30 heavy (non-hydrogen) atoms. The molecule has 2 heteroatoms. The van der Waals surface area contributed by atoms with Crippen LogP contribution in [0.3, 0.4) is 0 Å². The van der Waals surface area contributed by atoms with Gasteiger partial charge in [-0.15, -0.1) is 0 Å². The number of benzene rings is 5. The molecule has 2 nitrogen and oxygen atoms in total. The topological polar surface area (TPSA) is 24.4 Å². The van der Waals surface area contributed by atoms with Crippen molar-refractivity contribution in [2.75, 3.05) is 5.32 Å². The van der Waals surface area contributed by atoms with Crippen molar-refractivity contribution >= 4 is 38.8 Å². The summed E-state index contributed by atoms with van der Waals surface area (Å²) in [5.74, 6) is 0.848. The summed E-state index contributed by atoms with van der Waals surface area (Å²) >= 11 is 0. The molecule has 144 valence electrons. The maximum Gasteiger partial charge on any atom is 0.138 e. The third kappa shape index (κ3) is 3.44. The summed E-state index contributed by atoms with van der Waals surface area (Å²) < 4.78 is 0. The van der Waals surface area contributed by atoms with Crippen LogP contribution in [0.25, 0.3) is 21.5 Å². The number of anilines is 1. The maximum absolute atomic E-state index is 5.13. The number of nitrogens with zero attached hydrogens (tertiary/aromatic N) is 1. The van der Waals surface area contributed by atoms with Crippen molar-refractivity contribution in [1.82, 2.24) is 0 Å². The van der Waals surface area contributed by atoms with E-state index in [1.807, 2.05) is 0 Å². The summed E-state index contributed by atoms with van der Waals surface area (Å²) in [6.07, 6.45) is 0. The SMILES string of the molecule is Cc1ccccc1C(=Nc1cccc2ccccc12)Nc1cccc2ccccc12. The van der Waals surface area contributed by atoms with Gasteiger partial charge in [-0.05, 0) is 35.4 Å². The molecule has 0 bridgehead atoms. The van der Waals surface area contributed by atoms with Gasteiger partial charge in [-0.25, -0.2) is 4.99 Å². The van der Waals surface area contributed by atoms with Gasteiger partial charge in [0.05, 0.1) is 5.69 Å². The average Bonchev–Trinajstić information content (AvgIpc) is 2.79. The fourth-order valence-corrected chi connectivity index (χ4v) is 3.88. The molecule has 0 aliphatic rings. The highest BCUT2D eigenvalue weighted by Crippen LogP contribution is 2.29. The van der Waals surface area contributed by atoms with E-state index >= 15 is 0 Å². The number of rotatable bonds is 3. The number of nitrogens with one attached hydrogen (secondary N) is 1. The minimum atomic E-state index is 0.848. The van der Waals surface area contributed by atoms with Gasteiger partial charge in [0.2, 0.25) is 0 Å². The second kappa shape index (κ2) is 7.84. The van der Waals surface area contributed by atoms with E-state index < -0.39 is 0 Å². The molecule has 0 unspecified atom stereocenters. The molecular formula is C28H22N2. The first-order valence-electron chi connectivity index (χ1n) is 10.2. The monoisotopic (exact) mass is 386 g/mol. The summed E-state index contributed by atoms with van der Waals surface area (Å²) in [5, 5.41) is 8.36. The number of aryl methyl sites for hydroxylation is 1. The Kier molecular flexibility index (Phi) is 4.74. The number of hydrogen-bond donors (Lipinski definition) is 1. The molecule has 0 spiro atoms. The van der Waals surface area contributed by atoms with Crippen LogP contribution in [0.15, 0.2) is 114 Å². The summed E-state index contributed by atoms with van der Waals surface area (Å²) in [6.45, 7) is 2.12. The standard InChI is InChI=1S/C28H22N2/c1-20-10-2-5-15-23(20)28(29-26-18-8-13-21-11-3-6-16-24(21)26)30-27-19-9-14-22-12-4-7-17-25(22)27/h2-19H,1H3,(H,29,30). The van der Waals surface area contributed by atoms with E-state index in [0.29, 0.717) is 0 Å². The minimum Gasteiger partial charge on any atom is -0.339 e. The van der Waals surface area contributed by atoms with Crippen LogP contribution in [0.1, 0.15) is 11.1 Å². The van der Waals surface area contributed by atoms with E-state index in [1.54, 1.807) is 0 Å². The van der Waals surface area contributed by atoms with Crippen molar-refractivity contribution in [2.45, 2.75) is 6.92 Å². The summed E-state index contributed by atoms with van der Waals surface area (Å²) in [4.78, 5) is 5.13. The van der Waals surface area contributed by atoms with Crippen molar-refractivity contribution in [2.24, 2.45) is 4.99 Å². The van der Waals surface area contributed by atoms with Crippen LogP contribution in [-0.2, 0) is 0 Å². The van der Waals surface area contributed by atoms with Gasteiger partial charge in [0, 0.05) is 22.0 Å². The first-order valence-corrected chi connectivity index (χ1v) is 10.2. The molecule has 5 aromatic rings. The molecule has 0 fully saturated rings. The molecule has 0 aliphatic heterocycles. The van der Waals surface area contributed by atoms with Gasteiger partial charge in [0.25, 0.3) is 0 Å². The Morgan fingerprint density at radius 2 is 1.20 bits per heavy atom. The second-order valence-electron chi connectivity index (χ2n) is 7.43. The summed E-state index contributed by atoms with van der Waals surface area (Å²) in [7, 11) is 0. The third-order valence-electron chi connectivity index (χ3n) is 5.44.